The Labute approximate surface area is 118 Å². The van der Waals surface area contributed by atoms with Crippen LogP contribution in [0, 0.1) is 18.8 Å². The highest BCUT2D eigenvalue weighted by Gasteiger charge is 2.34. The number of rotatable bonds is 5. The van der Waals surface area contributed by atoms with Crippen molar-refractivity contribution < 1.29 is 14.1 Å². The lowest BCUT2D eigenvalue weighted by Crippen LogP contribution is -2.29. The number of aryl methyl sites for hydroxylation is 1. The molecule has 20 heavy (non-hydrogen) atoms. The van der Waals surface area contributed by atoms with Gasteiger partial charge in [-0.15, -0.1) is 0 Å². The maximum Gasteiger partial charge on any atom is 0.231 e. The van der Waals surface area contributed by atoms with Crippen molar-refractivity contribution in [2.24, 2.45) is 11.8 Å². The van der Waals surface area contributed by atoms with Gasteiger partial charge in [0.25, 0.3) is 0 Å². The van der Waals surface area contributed by atoms with Crippen LogP contribution in [0.1, 0.15) is 32.4 Å². The molecule has 0 radical (unpaired) electrons. The standard InChI is InChI=1S/C14H21N3O3/c1-9(2)4-5-17-8-11(7-13(17)18)14(19)15-12-6-10(3)20-16-12/h6,9,11H,4-5,7-8H2,1-3H3,(H,15,16,19). The number of hydrogen-bond acceptors (Lipinski definition) is 4. The van der Waals surface area contributed by atoms with Crippen LogP contribution >= 0.6 is 0 Å². The van der Waals surface area contributed by atoms with Crippen LogP contribution in [-0.2, 0) is 9.59 Å². The summed E-state index contributed by atoms with van der Waals surface area (Å²) in [5, 5.41) is 6.41. The number of nitrogens with one attached hydrogen (secondary N) is 1. The van der Waals surface area contributed by atoms with Gasteiger partial charge in [0.05, 0.1) is 5.92 Å². The van der Waals surface area contributed by atoms with E-state index in [0.29, 0.717) is 24.0 Å². The van der Waals surface area contributed by atoms with Crippen molar-refractivity contribution in [1.29, 1.82) is 0 Å². The predicted octanol–water partition coefficient (Wildman–Crippen LogP) is 1.82. The van der Waals surface area contributed by atoms with Gasteiger partial charge < -0.3 is 14.7 Å². The van der Waals surface area contributed by atoms with Gasteiger partial charge in [-0.25, -0.2) is 0 Å². The van der Waals surface area contributed by atoms with E-state index in [9.17, 15) is 9.59 Å². The molecule has 2 heterocycles. The van der Waals surface area contributed by atoms with Gasteiger partial charge in [-0.1, -0.05) is 19.0 Å². The van der Waals surface area contributed by atoms with Crippen LogP contribution in [0.25, 0.3) is 0 Å². The maximum absolute atomic E-state index is 12.1. The molecule has 1 N–H and O–H groups in total. The Bertz CT molecular complexity index is 496. The summed E-state index contributed by atoms with van der Waals surface area (Å²) in [5.74, 6) is 1.18. The Hall–Kier alpha value is -1.85. The smallest absolute Gasteiger partial charge is 0.231 e. The van der Waals surface area contributed by atoms with Crippen molar-refractivity contribution in [3.05, 3.63) is 11.8 Å². The molecule has 1 aliphatic heterocycles. The summed E-state index contributed by atoms with van der Waals surface area (Å²) < 4.78 is 4.89. The summed E-state index contributed by atoms with van der Waals surface area (Å²) in [6, 6.07) is 1.66. The SMILES string of the molecule is Cc1cc(NC(=O)C2CC(=O)N(CCC(C)C)C2)no1. The lowest BCUT2D eigenvalue weighted by Gasteiger charge is -2.17. The van der Waals surface area contributed by atoms with E-state index in [4.69, 9.17) is 4.52 Å². The highest BCUT2D eigenvalue weighted by molar-refractivity contribution is 5.96. The molecular formula is C14H21N3O3. The van der Waals surface area contributed by atoms with Crippen molar-refractivity contribution in [2.75, 3.05) is 18.4 Å². The lowest BCUT2D eigenvalue weighted by atomic mass is 10.1. The molecule has 1 aliphatic rings. The van der Waals surface area contributed by atoms with Gasteiger partial charge in [-0.2, -0.15) is 0 Å². The third-order valence-electron chi connectivity index (χ3n) is 3.44. The van der Waals surface area contributed by atoms with Crippen LogP contribution in [0.15, 0.2) is 10.6 Å². The molecule has 2 amide bonds. The maximum atomic E-state index is 12.1. The van der Waals surface area contributed by atoms with Crippen LogP contribution in [-0.4, -0.2) is 35.0 Å². The number of likely N-dealkylation sites (tertiary alicyclic amines) is 1. The summed E-state index contributed by atoms with van der Waals surface area (Å²) in [6.07, 6.45) is 1.24. The molecule has 0 aromatic carbocycles. The molecule has 1 unspecified atom stereocenters. The molecule has 6 nitrogen and oxygen atoms in total. The first-order chi connectivity index (χ1) is 9.45. The van der Waals surface area contributed by atoms with Crippen LogP contribution in [0.2, 0.25) is 0 Å². The van der Waals surface area contributed by atoms with Gasteiger partial charge in [0.2, 0.25) is 11.8 Å². The van der Waals surface area contributed by atoms with Crippen molar-refractivity contribution >= 4 is 17.6 Å². The van der Waals surface area contributed by atoms with Crippen molar-refractivity contribution in [1.82, 2.24) is 10.1 Å². The molecule has 1 saturated heterocycles. The second-order valence-electron chi connectivity index (χ2n) is 5.74. The highest BCUT2D eigenvalue weighted by atomic mass is 16.5. The molecule has 0 aliphatic carbocycles. The van der Waals surface area contributed by atoms with E-state index in [1.54, 1.807) is 17.9 Å². The highest BCUT2D eigenvalue weighted by Crippen LogP contribution is 2.20. The third kappa shape index (κ3) is 3.59. The average molecular weight is 279 g/mol. The van der Waals surface area contributed by atoms with E-state index in [1.807, 2.05) is 0 Å². The van der Waals surface area contributed by atoms with Crippen molar-refractivity contribution in [3.8, 4) is 0 Å². The molecule has 6 heteroatoms. The Morgan fingerprint density at radius 1 is 1.60 bits per heavy atom. The van der Waals surface area contributed by atoms with Gasteiger partial charge in [0.1, 0.15) is 5.76 Å². The zero-order valence-corrected chi connectivity index (χ0v) is 12.2. The number of amides is 2. The van der Waals surface area contributed by atoms with E-state index >= 15 is 0 Å². The van der Waals surface area contributed by atoms with E-state index in [0.717, 1.165) is 13.0 Å². The first kappa shape index (κ1) is 14.6. The van der Waals surface area contributed by atoms with Gasteiger partial charge in [-0.05, 0) is 19.3 Å². The van der Waals surface area contributed by atoms with E-state index in [1.165, 1.54) is 0 Å². The molecule has 0 spiro atoms. The summed E-state index contributed by atoms with van der Waals surface area (Å²) in [4.78, 5) is 25.7. The molecule has 1 aromatic rings. The Balaban J connectivity index is 1.87. The minimum Gasteiger partial charge on any atom is -0.360 e. The summed E-state index contributed by atoms with van der Waals surface area (Å²) in [5.41, 5.74) is 0. The van der Waals surface area contributed by atoms with Crippen molar-refractivity contribution in [2.45, 2.75) is 33.6 Å². The topological polar surface area (TPSA) is 75.4 Å². The molecule has 110 valence electrons. The summed E-state index contributed by atoms with van der Waals surface area (Å²) >= 11 is 0. The molecule has 1 fully saturated rings. The normalized spacial score (nSPS) is 18.9. The van der Waals surface area contributed by atoms with E-state index in [2.05, 4.69) is 24.3 Å². The Kier molecular flexibility index (Phi) is 4.42. The number of carbonyl (C=O) groups excluding carboxylic acids is 2. The lowest BCUT2D eigenvalue weighted by molar-refractivity contribution is -0.128. The van der Waals surface area contributed by atoms with Gasteiger partial charge in [0, 0.05) is 25.6 Å². The number of nitrogens with zero attached hydrogens (tertiary/aromatic N) is 2. The third-order valence-corrected chi connectivity index (χ3v) is 3.44. The second-order valence-corrected chi connectivity index (χ2v) is 5.74. The zero-order chi connectivity index (χ0) is 14.7. The van der Waals surface area contributed by atoms with Gasteiger partial charge >= 0.3 is 0 Å². The number of hydrogen-bond donors (Lipinski definition) is 1. The van der Waals surface area contributed by atoms with Crippen LogP contribution in [0.4, 0.5) is 5.82 Å². The average Bonchev–Trinajstić information content (AvgIpc) is 2.93. The van der Waals surface area contributed by atoms with Crippen LogP contribution < -0.4 is 5.32 Å². The number of carbonyl (C=O) groups is 2. The quantitative estimate of drug-likeness (QED) is 0.892. The van der Waals surface area contributed by atoms with Gasteiger partial charge in [0.15, 0.2) is 5.82 Å². The summed E-state index contributed by atoms with van der Waals surface area (Å²) in [6.45, 7) is 7.22. The largest absolute Gasteiger partial charge is 0.360 e. The van der Waals surface area contributed by atoms with Crippen molar-refractivity contribution in [3.63, 3.8) is 0 Å². The molecule has 2 rings (SSSR count). The molecule has 1 aromatic heterocycles. The molecule has 0 saturated carbocycles. The second kappa shape index (κ2) is 6.07. The van der Waals surface area contributed by atoms with E-state index in [-0.39, 0.29) is 24.2 Å². The first-order valence-corrected chi connectivity index (χ1v) is 6.97. The minimum absolute atomic E-state index is 0.0575. The zero-order valence-electron chi connectivity index (χ0n) is 12.2. The predicted molar refractivity (Wildman–Crippen MR) is 74.0 cm³/mol. The monoisotopic (exact) mass is 279 g/mol. The Morgan fingerprint density at radius 2 is 2.35 bits per heavy atom. The fraction of sp³-hybridized carbons (Fsp3) is 0.643. The minimum atomic E-state index is -0.299. The Morgan fingerprint density at radius 3 is 2.95 bits per heavy atom. The molecule has 1 atom stereocenters. The van der Waals surface area contributed by atoms with Crippen LogP contribution in [0.3, 0.4) is 0 Å². The number of anilines is 1. The molecule has 0 bridgehead atoms. The fourth-order valence-electron chi connectivity index (χ4n) is 2.23. The first-order valence-electron chi connectivity index (χ1n) is 6.97. The van der Waals surface area contributed by atoms with Gasteiger partial charge in [-0.3, -0.25) is 9.59 Å². The fourth-order valence-corrected chi connectivity index (χ4v) is 2.23. The van der Waals surface area contributed by atoms with E-state index < -0.39 is 0 Å². The number of aromatic nitrogens is 1. The molecular weight excluding hydrogens is 258 g/mol. The van der Waals surface area contributed by atoms with Crippen LogP contribution in [0.5, 0.6) is 0 Å². The summed E-state index contributed by atoms with van der Waals surface area (Å²) in [7, 11) is 0.